The van der Waals surface area contributed by atoms with Gasteiger partial charge in [0.25, 0.3) is 0 Å². The number of amides is 2. The summed E-state index contributed by atoms with van der Waals surface area (Å²) in [6, 6.07) is 11.6. The third-order valence-corrected chi connectivity index (χ3v) is 7.15. The SMILES string of the molecule is O=C1CC(C(=O)N(Cc2ccc3c(c2)OCO3)C2CCCC2)CN1c1ccc2c(c1)OCCO2. The van der Waals surface area contributed by atoms with Crippen molar-refractivity contribution >= 4 is 17.5 Å². The Bertz CT molecular complexity index is 1110. The first kappa shape index (κ1) is 21.1. The van der Waals surface area contributed by atoms with Gasteiger partial charge in [-0.2, -0.15) is 0 Å². The number of carbonyl (C=O) groups excluding carboxylic acids is 2. The Morgan fingerprint density at radius 1 is 0.912 bits per heavy atom. The summed E-state index contributed by atoms with van der Waals surface area (Å²) >= 11 is 0. The molecule has 2 aromatic rings. The minimum Gasteiger partial charge on any atom is -0.486 e. The fraction of sp³-hybridized carbons (Fsp3) is 0.462. The molecule has 2 aromatic carbocycles. The van der Waals surface area contributed by atoms with Crippen molar-refractivity contribution in [3.63, 3.8) is 0 Å². The molecule has 0 radical (unpaired) electrons. The van der Waals surface area contributed by atoms with E-state index in [1.54, 1.807) is 4.90 Å². The normalized spacial score (nSPS) is 21.2. The van der Waals surface area contributed by atoms with Gasteiger partial charge in [-0.05, 0) is 42.7 Å². The molecule has 1 aliphatic carbocycles. The van der Waals surface area contributed by atoms with Crippen LogP contribution in [0.5, 0.6) is 23.0 Å². The predicted molar refractivity (Wildman–Crippen MR) is 123 cm³/mol. The predicted octanol–water partition coefficient (Wildman–Crippen LogP) is 3.51. The molecule has 8 nitrogen and oxygen atoms in total. The van der Waals surface area contributed by atoms with Crippen LogP contribution in [0.3, 0.4) is 0 Å². The lowest BCUT2D eigenvalue weighted by Gasteiger charge is -2.31. The number of hydrogen-bond acceptors (Lipinski definition) is 6. The number of fused-ring (bicyclic) bond motifs is 2. The summed E-state index contributed by atoms with van der Waals surface area (Å²) in [6.07, 6.45) is 4.48. The number of rotatable bonds is 5. The zero-order valence-corrected chi connectivity index (χ0v) is 19.0. The standard InChI is InChI=1S/C26H28N2O6/c29-25-12-18(15-27(25)20-6-8-21-24(13-20)32-10-9-31-21)26(30)28(19-3-1-2-4-19)14-17-5-7-22-23(11-17)34-16-33-22/h5-8,11,13,18-19H,1-4,9-10,12,14-16H2. The maximum atomic E-state index is 13.8. The summed E-state index contributed by atoms with van der Waals surface area (Å²) in [5.74, 6) is 2.43. The van der Waals surface area contributed by atoms with E-state index in [0.717, 1.165) is 48.4 Å². The average molecular weight is 465 g/mol. The second kappa shape index (κ2) is 8.74. The van der Waals surface area contributed by atoms with Crippen molar-refractivity contribution in [1.29, 1.82) is 0 Å². The lowest BCUT2D eigenvalue weighted by Crippen LogP contribution is -2.42. The Kier molecular flexibility index (Phi) is 5.43. The minimum atomic E-state index is -0.365. The molecule has 0 spiro atoms. The fourth-order valence-electron chi connectivity index (χ4n) is 5.40. The highest BCUT2D eigenvalue weighted by atomic mass is 16.7. The summed E-state index contributed by atoms with van der Waals surface area (Å²) in [5.41, 5.74) is 1.75. The summed E-state index contributed by atoms with van der Waals surface area (Å²) in [7, 11) is 0. The molecule has 4 aliphatic rings. The quantitative estimate of drug-likeness (QED) is 0.674. The number of ether oxygens (including phenoxy) is 4. The van der Waals surface area contributed by atoms with Gasteiger partial charge in [0, 0.05) is 37.3 Å². The van der Waals surface area contributed by atoms with Crippen LogP contribution in [0.15, 0.2) is 36.4 Å². The van der Waals surface area contributed by atoms with E-state index in [4.69, 9.17) is 18.9 Å². The zero-order chi connectivity index (χ0) is 23.1. The molecular formula is C26H28N2O6. The number of hydrogen-bond donors (Lipinski definition) is 0. The molecule has 2 fully saturated rings. The Morgan fingerprint density at radius 2 is 1.62 bits per heavy atom. The van der Waals surface area contributed by atoms with Gasteiger partial charge in [-0.1, -0.05) is 18.9 Å². The van der Waals surface area contributed by atoms with Crippen molar-refractivity contribution in [2.45, 2.75) is 44.7 Å². The molecule has 2 amide bonds. The van der Waals surface area contributed by atoms with Gasteiger partial charge in [-0.3, -0.25) is 9.59 Å². The van der Waals surface area contributed by atoms with Gasteiger partial charge in [0.05, 0.1) is 5.92 Å². The Hall–Kier alpha value is -3.42. The molecule has 6 rings (SSSR count). The lowest BCUT2D eigenvalue weighted by molar-refractivity contribution is -0.138. The van der Waals surface area contributed by atoms with Crippen LogP contribution >= 0.6 is 0 Å². The van der Waals surface area contributed by atoms with Crippen molar-refractivity contribution < 1.29 is 28.5 Å². The molecule has 0 aromatic heterocycles. The largest absolute Gasteiger partial charge is 0.486 e. The van der Waals surface area contributed by atoms with Gasteiger partial charge in [0.1, 0.15) is 13.2 Å². The molecule has 8 heteroatoms. The summed E-state index contributed by atoms with van der Waals surface area (Å²) in [6.45, 7) is 2.12. The molecule has 178 valence electrons. The van der Waals surface area contributed by atoms with E-state index in [1.165, 1.54) is 0 Å². The fourth-order valence-corrected chi connectivity index (χ4v) is 5.40. The molecular weight excluding hydrogens is 436 g/mol. The van der Waals surface area contributed by atoms with Crippen LogP contribution in [0.1, 0.15) is 37.7 Å². The van der Waals surface area contributed by atoms with Crippen LogP contribution in [-0.2, 0) is 16.1 Å². The molecule has 3 heterocycles. The van der Waals surface area contributed by atoms with E-state index in [0.29, 0.717) is 37.8 Å². The molecule has 1 unspecified atom stereocenters. The first-order valence-electron chi connectivity index (χ1n) is 12.0. The third-order valence-electron chi connectivity index (χ3n) is 7.15. The Labute approximate surface area is 198 Å². The highest BCUT2D eigenvalue weighted by Crippen LogP contribution is 2.38. The smallest absolute Gasteiger partial charge is 0.231 e. The number of anilines is 1. The molecule has 1 saturated heterocycles. The number of nitrogens with zero attached hydrogens (tertiary/aromatic N) is 2. The van der Waals surface area contributed by atoms with Gasteiger partial charge in [-0.15, -0.1) is 0 Å². The number of carbonyl (C=O) groups is 2. The second-order valence-electron chi connectivity index (χ2n) is 9.33. The van der Waals surface area contributed by atoms with Gasteiger partial charge in [0.15, 0.2) is 23.0 Å². The van der Waals surface area contributed by atoms with Crippen LogP contribution in [0.4, 0.5) is 5.69 Å². The van der Waals surface area contributed by atoms with Gasteiger partial charge < -0.3 is 28.7 Å². The van der Waals surface area contributed by atoms with E-state index < -0.39 is 0 Å². The van der Waals surface area contributed by atoms with Crippen molar-refractivity contribution in [3.8, 4) is 23.0 Å². The first-order chi connectivity index (χ1) is 16.7. The zero-order valence-electron chi connectivity index (χ0n) is 19.0. The van der Waals surface area contributed by atoms with E-state index in [9.17, 15) is 9.59 Å². The van der Waals surface area contributed by atoms with Crippen molar-refractivity contribution in [2.24, 2.45) is 5.92 Å². The Balaban J connectivity index is 1.21. The second-order valence-corrected chi connectivity index (χ2v) is 9.33. The topological polar surface area (TPSA) is 77.5 Å². The highest BCUT2D eigenvalue weighted by Gasteiger charge is 2.40. The van der Waals surface area contributed by atoms with Crippen LogP contribution in [-0.4, -0.2) is 49.3 Å². The summed E-state index contributed by atoms with van der Waals surface area (Å²) < 4.78 is 22.2. The van der Waals surface area contributed by atoms with E-state index in [2.05, 4.69) is 0 Å². The Morgan fingerprint density at radius 3 is 2.47 bits per heavy atom. The summed E-state index contributed by atoms with van der Waals surface area (Å²) in [5, 5.41) is 0. The maximum Gasteiger partial charge on any atom is 0.231 e. The minimum absolute atomic E-state index is 0.0375. The molecule has 34 heavy (non-hydrogen) atoms. The van der Waals surface area contributed by atoms with Crippen molar-refractivity contribution in [2.75, 3.05) is 31.5 Å². The molecule has 3 aliphatic heterocycles. The monoisotopic (exact) mass is 464 g/mol. The average Bonchev–Trinajstić information content (AvgIpc) is 3.62. The van der Waals surface area contributed by atoms with Gasteiger partial charge in [-0.25, -0.2) is 0 Å². The highest BCUT2D eigenvalue weighted by molar-refractivity contribution is 6.00. The lowest BCUT2D eigenvalue weighted by atomic mass is 10.0. The van der Waals surface area contributed by atoms with Crippen LogP contribution in [0.25, 0.3) is 0 Å². The van der Waals surface area contributed by atoms with Crippen LogP contribution in [0, 0.1) is 5.92 Å². The molecule has 0 bridgehead atoms. The van der Waals surface area contributed by atoms with Gasteiger partial charge in [0.2, 0.25) is 18.6 Å². The van der Waals surface area contributed by atoms with E-state index in [-0.39, 0.29) is 37.0 Å². The molecule has 1 saturated carbocycles. The van der Waals surface area contributed by atoms with Crippen molar-refractivity contribution in [3.05, 3.63) is 42.0 Å². The van der Waals surface area contributed by atoms with Crippen LogP contribution in [0.2, 0.25) is 0 Å². The molecule has 1 atom stereocenters. The summed E-state index contributed by atoms with van der Waals surface area (Å²) in [4.78, 5) is 30.4. The van der Waals surface area contributed by atoms with Crippen molar-refractivity contribution in [1.82, 2.24) is 4.90 Å². The maximum absolute atomic E-state index is 13.8. The van der Waals surface area contributed by atoms with Crippen LogP contribution < -0.4 is 23.8 Å². The van der Waals surface area contributed by atoms with E-state index in [1.807, 2.05) is 41.3 Å². The third kappa shape index (κ3) is 3.91. The first-order valence-corrected chi connectivity index (χ1v) is 12.0. The molecule has 0 N–H and O–H groups in total. The number of benzene rings is 2. The van der Waals surface area contributed by atoms with E-state index >= 15 is 0 Å². The van der Waals surface area contributed by atoms with Gasteiger partial charge >= 0.3 is 0 Å².